The highest BCUT2D eigenvalue weighted by Crippen LogP contribution is 2.30. The van der Waals surface area contributed by atoms with Crippen molar-refractivity contribution in [2.24, 2.45) is 13.0 Å². The molecule has 0 saturated heterocycles. The highest BCUT2D eigenvalue weighted by Gasteiger charge is 2.26. The molecule has 0 aliphatic heterocycles. The molecule has 1 fully saturated rings. The van der Waals surface area contributed by atoms with Crippen molar-refractivity contribution in [2.75, 3.05) is 12.3 Å². The molecule has 1 saturated carbocycles. The highest BCUT2D eigenvalue weighted by molar-refractivity contribution is 7.99. The predicted molar refractivity (Wildman–Crippen MR) is 75.8 cm³/mol. The van der Waals surface area contributed by atoms with Gasteiger partial charge >= 0.3 is 0 Å². The number of hydrogen-bond donors (Lipinski definition) is 1. The monoisotopic (exact) mass is 268 g/mol. The molecule has 1 aliphatic rings. The molecule has 1 aliphatic carbocycles. The SMILES string of the molecule is CCCNC1CCCC1CCSc1nncn1C. The van der Waals surface area contributed by atoms with E-state index < -0.39 is 0 Å². The number of hydrogen-bond acceptors (Lipinski definition) is 4. The molecule has 1 aromatic heterocycles. The Morgan fingerprint density at radius 3 is 3.11 bits per heavy atom. The quantitative estimate of drug-likeness (QED) is 0.772. The molecule has 5 heteroatoms. The zero-order valence-corrected chi connectivity index (χ0v) is 12.2. The average molecular weight is 268 g/mol. The summed E-state index contributed by atoms with van der Waals surface area (Å²) in [7, 11) is 2.00. The van der Waals surface area contributed by atoms with Gasteiger partial charge in [-0.1, -0.05) is 25.1 Å². The van der Waals surface area contributed by atoms with Crippen molar-refractivity contribution in [1.29, 1.82) is 0 Å². The topological polar surface area (TPSA) is 42.7 Å². The minimum atomic E-state index is 0.755. The first-order valence-electron chi connectivity index (χ1n) is 7.01. The number of aryl methyl sites for hydroxylation is 1. The number of aromatic nitrogens is 3. The van der Waals surface area contributed by atoms with Crippen LogP contribution < -0.4 is 5.32 Å². The second kappa shape index (κ2) is 7.14. The van der Waals surface area contributed by atoms with Crippen LogP contribution in [0.5, 0.6) is 0 Å². The van der Waals surface area contributed by atoms with Gasteiger partial charge in [-0.2, -0.15) is 0 Å². The standard InChI is InChI=1S/C13H24N4S/c1-3-8-14-12-6-4-5-11(12)7-9-18-13-16-15-10-17(13)2/h10-12,14H,3-9H2,1-2H3. The van der Waals surface area contributed by atoms with E-state index >= 15 is 0 Å². The van der Waals surface area contributed by atoms with E-state index in [0.29, 0.717) is 0 Å². The van der Waals surface area contributed by atoms with E-state index in [-0.39, 0.29) is 0 Å². The lowest BCUT2D eigenvalue weighted by Crippen LogP contribution is -2.33. The van der Waals surface area contributed by atoms with E-state index in [9.17, 15) is 0 Å². The van der Waals surface area contributed by atoms with E-state index in [2.05, 4.69) is 22.4 Å². The Labute approximate surface area is 114 Å². The molecule has 1 heterocycles. The van der Waals surface area contributed by atoms with Crippen LogP contribution in [-0.4, -0.2) is 33.1 Å². The molecule has 0 aromatic carbocycles. The number of nitrogens with one attached hydrogen (secondary N) is 1. The lowest BCUT2D eigenvalue weighted by molar-refractivity contribution is 0.393. The summed E-state index contributed by atoms with van der Waals surface area (Å²) in [5.41, 5.74) is 0. The van der Waals surface area contributed by atoms with Crippen molar-refractivity contribution in [3.05, 3.63) is 6.33 Å². The third-order valence-corrected chi connectivity index (χ3v) is 4.77. The molecule has 102 valence electrons. The number of rotatable bonds is 7. The Kier molecular flexibility index (Phi) is 5.50. The first-order chi connectivity index (χ1) is 8.81. The van der Waals surface area contributed by atoms with Gasteiger partial charge in [-0.15, -0.1) is 10.2 Å². The smallest absolute Gasteiger partial charge is 0.190 e. The lowest BCUT2D eigenvalue weighted by atomic mass is 10.0. The summed E-state index contributed by atoms with van der Waals surface area (Å²) in [6.07, 6.45) is 8.43. The lowest BCUT2D eigenvalue weighted by Gasteiger charge is -2.20. The number of nitrogens with zero attached hydrogens (tertiary/aromatic N) is 3. The van der Waals surface area contributed by atoms with Crippen molar-refractivity contribution in [3.63, 3.8) is 0 Å². The predicted octanol–water partition coefficient (Wildman–Crippen LogP) is 2.47. The van der Waals surface area contributed by atoms with Crippen molar-refractivity contribution < 1.29 is 0 Å². The van der Waals surface area contributed by atoms with E-state index in [1.165, 1.54) is 32.1 Å². The van der Waals surface area contributed by atoms with Crippen molar-refractivity contribution in [2.45, 2.75) is 50.2 Å². The zero-order chi connectivity index (χ0) is 12.8. The van der Waals surface area contributed by atoms with Crippen LogP contribution in [0.15, 0.2) is 11.5 Å². The molecule has 2 atom stereocenters. The van der Waals surface area contributed by atoms with Crippen LogP contribution in [0.2, 0.25) is 0 Å². The van der Waals surface area contributed by atoms with Gasteiger partial charge in [-0.25, -0.2) is 0 Å². The zero-order valence-electron chi connectivity index (χ0n) is 11.4. The van der Waals surface area contributed by atoms with E-state index in [0.717, 1.165) is 29.4 Å². The summed E-state index contributed by atoms with van der Waals surface area (Å²) in [5, 5.41) is 12.7. The van der Waals surface area contributed by atoms with Crippen LogP contribution in [0.1, 0.15) is 39.0 Å². The summed E-state index contributed by atoms with van der Waals surface area (Å²) in [4.78, 5) is 0. The molecule has 2 rings (SSSR count). The van der Waals surface area contributed by atoms with E-state index in [1.54, 1.807) is 6.33 Å². The fourth-order valence-corrected chi connectivity index (χ4v) is 3.64. The fourth-order valence-electron chi connectivity index (χ4n) is 2.69. The van der Waals surface area contributed by atoms with Gasteiger partial charge in [-0.05, 0) is 38.1 Å². The minimum Gasteiger partial charge on any atom is -0.314 e. The molecule has 0 radical (unpaired) electrons. The van der Waals surface area contributed by atoms with Crippen molar-refractivity contribution >= 4 is 11.8 Å². The van der Waals surface area contributed by atoms with Crippen LogP contribution in [0, 0.1) is 5.92 Å². The van der Waals surface area contributed by atoms with Crippen LogP contribution in [0.4, 0.5) is 0 Å². The van der Waals surface area contributed by atoms with Gasteiger partial charge in [0.15, 0.2) is 5.16 Å². The molecular formula is C13H24N4S. The normalized spacial score (nSPS) is 23.7. The van der Waals surface area contributed by atoms with Gasteiger partial charge < -0.3 is 9.88 Å². The first-order valence-corrected chi connectivity index (χ1v) is 8.00. The van der Waals surface area contributed by atoms with Crippen molar-refractivity contribution in [3.8, 4) is 0 Å². The average Bonchev–Trinajstić information content (AvgIpc) is 2.97. The Hall–Kier alpha value is -0.550. The third kappa shape index (κ3) is 3.72. The second-order valence-electron chi connectivity index (χ2n) is 5.11. The van der Waals surface area contributed by atoms with Gasteiger partial charge in [0.05, 0.1) is 0 Å². The van der Waals surface area contributed by atoms with Crippen LogP contribution in [-0.2, 0) is 7.05 Å². The Morgan fingerprint density at radius 2 is 2.39 bits per heavy atom. The first kappa shape index (κ1) is 13.9. The van der Waals surface area contributed by atoms with Gasteiger partial charge in [0.1, 0.15) is 6.33 Å². The maximum absolute atomic E-state index is 4.11. The molecule has 1 N–H and O–H groups in total. The largest absolute Gasteiger partial charge is 0.314 e. The summed E-state index contributed by atoms with van der Waals surface area (Å²) >= 11 is 1.83. The van der Waals surface area contributed by atoms with E-state index in [1.807, 2.05) is 23.4 Å². The summed E-state index contributed by atoms with van der Waals surface area (Å²) in [5.74, 6) is 2.01. The second-order valence-corrected chi connectivity index (χ2v) is 6.18. The highest BCUT2D eigenvalue weighted by atomic mass is 32.2. The summed E-state index contributed by atoms with van der Waals surface area (Å²) in [6.45, 7) is 3.40. The van der Waals surface area contributed by atoms with Gasteiger partial charge in [0.25, 0.3) is 0 Å². The van der Waals surface area contributed by atoms with Crippen LogP contribution >= 0.6 is 11.8 Å². The Balaban J connectivity index is 1.71. The number of thioether (sulfide) groups is 1. The molecule has 2 unspecified atom stereocenters. The molecule has 18 heavy (non-hydrogen) atoms. The summed E-state index contributed by atoms with van der Waals surface area (Å²) < 4.78 is 1.99. The fraction of sp³-hybridized carbons (Fsp3) is 0.846. The summed E-state index contributed by atoms with van der Waals surface area (Å²) in [6, 6.07) is 0.755. The molecule has 1 aromatic rings. The minimum absolute atomic E-state index is 0.755. The van der Waals surface area contributed by atoms with E-state index in [4.69, 9.17) is 0 Å². The molecule has 0 bridgehead atoms. The maximum Gasteiger partial charge on any atom is 0.190 e. The third-order valence-electron chi connectivity index (χ3n) is 3.71. The molecule has 0 spiro atoms. The van der Waals surface area contributed by atoms with Crippen molar-refractivity contribution in [1.82, 2.24) is 20.1 Å². The van der Waals surface area contributed by atoms with Gasteiger partial charge in [0, 0.05) is 18.8 Å². The Morgan fingerprint density at radius 1 is 1.50 bits per heavy atom. The van der Waals surface area contributed by atoms with Gasteiger partial charge in [0.2, 0.25) is 0 Å². The van der Waals surface area contributed by atoms with Gasteiger partial charge in [-0.3, -0.25) is 0 Å². The van der Waals surface area contributed by atoms with Crippen LogP contribution in [0.3, 0.4) is 0 Å². The Bertz CT molecular complexity index is 353. The molecule has 0 amide bonds. The molecule has 4 nitrogen and oxygen atoms in total. The maximum atomic E-state index is 4.11. The van der Waals surface area contributed by atoms with Crippen LogP contribution in [0.25, 0.3) is 0 Å². The molecular weight excluding hydrogens is 244 g/mol.